The fourth-order valence-corrected chi connectivity index (χ4v) is 1.65. The second-order valence-electron chi connectivity index (χ2n) is 4.65. The first kappa shape index (κ1) is 16.3. The number of halogens is 2. The molecule has 0 aliphatic heterocycles. The molecule has 6 heteroatoms. The van der Waals surface area contributed by atoms with Gasteiger partial charge < -0.3 is 4.74 Å². The van der Waals surface area contributed by atoms with Crippen molar-refractivity contribution in [2.75, 3.05) is 6.61 Å². The van der Waals surface area contributed by atoms with E-state index in [0.717, 1.165) is 25.1 Å². The molecule has 0 radical (unpaired) electrons. The van der Waals surface area contributed by atoms with Crippen LogP contribution in [0.4, 0.5) is 8.78 Å². The molecule has 1 heterocycles. The molecule has 1 aromatic rings. The van der Waals surface area contributed by atoms with E-state index in [0.29, 0.717) is 5.56 Å². The summed E-state index contributed by atoms with van der Waals surface area (Å²) in [7, 11) is 0. The van der Waals surface area contributed by atoms with Crippen molar-refractivity contribution in [1.82, 2.24) is 9.78 Å². The largest absolute Gasteiger partial charge is 0.462 e. The summed E-state index contributed by atoms with van der Waals surface area (Å²) in [6.45, 7) is 5.89. The summed E-state index contributed by atoms with van der Waals surface area (Å²) >= 11 is 0. The average molecular weight is 286 g/mol. The lowest BCUT2D eigenvalue weighted by atomic mass is 10.2. The predicted octanol–water partition coefficient (Wildman–Crippen LogP) is 3.71. The fourth-order valence-electron chi connectivity index (χ4n) is 1.65. The zero-order valence-electron chi connectivity index (χ0n) is 12.1. The number of hydrogen-bond acceptors (Lipinski definition) is 3. The molecule has 1 aromatic heterocycles. The highest BCUT2D eigenvalue weighted by molar-refractivity contribution is 5.90. The Morgan fingerprint density at radius 3 is 2.75 bits per heavy atom. The molecule has 1 rings (SSSR count). The van der Waals surface area contributed by atoms with Gasteiger partial charge in [0.1, 0.15) is 5.56 Å². The SMILES string of the molecule is CCCCn1ncc(C(=O)OCCC(C)=C(F)F)c1C. The maximum Gasteiger partial charge on any atom is 0.341 e. The predicted molar refractivity (Wildman–Crippen MR) is 71.7 cm³/mol. The van der Waals surface area contributed by atoms with Crippen molar-refractivity contribution in [3.63, 3.8) is 0 Å². The van der Waals surface area contributed by atoms with E-state index in [4.69, 9.17) is 4.74 Å². The van der Waals surface area contributed by atoms with Crippen LogP contribution in [0.1, 0.15) is 49.2 Å². The van der Waals surface area contributed by atoms with E-state index in [9.17, 15) is 13.6 Å². The molecule has 0 aromatic carbocycles. The molecule has 0 saturated carbocycles. The number of unbranched alkanes of at least 4 members (excludes halogenated alkanes) is 1. The first-order valence-electron chi connectivity index (χ1n) is 6.67. The Morgan fingerprint density at radius 1 is 1.45 bits per heavy atom. The van der Waals surface area contributed by atoms with E-state index in [2.05, 4.69) is 12.0 Å². The number of hydrogen-bond donors (Lipinski definition) is 0. The van der Waals surface area contributed by atoms with Crippen LogP contribution in [0, 0.1) is 6.92 Å². The van der Waals surface area contributed by atoms with Crippen LogP contribution in [0.2, 0.25) is 0 Å². The number of aromatic nitrogens is 2. The number of esters is 1. The topological polar surface area (TPSA) is 44.1 Å². The van der Waals surface area contributed by atoms with Crippen LogP contribution in [0.15, 0.2) is 17.9 Å². The zero-order valence-corrected chi connectivity index (χ0v) is 12.1. The van der Waals surface area contributed by atoms with Crippen molar-refractivity contribution in [2.24, 2.45) is 0 Å². The normalized spacial score (nSPS) is 10.4. The molecule has 0 saturated heterocycles. The summed E-state index contributed by atoms with van der Waals surface area (Å²) < 4.78 is 31.1. The summed E-state index contributed by atoms with van der Waals surface area (Å²) in [6, 6.07) is 0. The fraction of sp³-hybridized carbons (Fsp3) is 0.571. The van der Waals surface area contributed by atoms with Gasteiger partial charge in [0.2, 0.25) is 0 Å². The molecule has 0 spiro atoms. The maximum absolute atomic E-state index is 12.2. The lowest BCUT2D eigenvalue weighted by Crippen LogP contribution is -2.09. The van der Waals surface area contributed by atoms with E-state index in [1.807, 2.05) is 0 Å². The second kappa shape index (κ2) is 7.77. The highest BCUT2D eigenvalue weighted by Crippen LogP contribution is 2.13. The van der Waals surface area contributed by atoms with Gasteiger partial charge in [-0.1, -0.05) is 13.3 Å². The van der Waals surface area contributed by atoms with Crippen molar-refractivity contribution in [2.45, 2.75) is 46.6 Å². The number of ether oxygens (including phenoxy) is 1. The van der Waals surface area contributed by atoms with E-state index < -0.39 is 12.0 Å². The minimum Gasteiger partial charge on any atom is -0.462 e. The van der Waals surface area contributed by atoms with Crippen LogP contribution in [0.5, 0.6) is 0 Å². The molecule has 0 fully saturated rings. The lowest BCUT2D eigenvalue weighted by molar-refractivity contribution is 0.0507. The maximum atomic E-state index is 12.2. The summed E-state index contributed by atoms with van der Waals surface area (Å²) in [4.78, 5) is 11.8. The van der Waals surface area contributed by atoms with Crippen molar-refractivity contribution in [3.8, 4) is 0 Å². The Kier molecular flexibility index (Phi) is 6.35. The van der Waals surface area contributed by atoms with Gasteiger partial charge in [0.05, 0.1) is 12.8 Å². The third-order valence-electron chi connectivity index (χ3n) is 3.08. The zero-order chi connectivity index (χ0) is 15.1. The van der Waals surface area contributed by atoms with E-state index >= 15 is 0 Å². The third kappa shape index (κ3) is 4.43. The van der Waals surface area contributed by atoms with Gasteiger partial charge in [0.15, 0.2) is 0 Å². The number of carbonyl (C=O) groups is 1. The lowest BCUT2D eigenvalue weighted by Gasteiger charge is -2.06. The highest BCUT2D eigenvalue weighted by Gasteiger charge is 2.15. The number of nitrogens with zero attached hydrogens (tertiary/aromatic N) is 2. The van der Waals surface area contributed by atoms with Gasteiger partial charge in [0.25, 0.3) is 6.08 Å². The first-order chi connectivity index (χ1) is 9.47. The van der Waals surface area contributed by atoms with Crippen LogP contribution in [-0.4, -0.2) is 22.4 Å². The summed E-state index contributed by atoms with van der Waals surface area (Å²) in [5.74, 6) is -0.516. The van der Waals surface area contributed by atoms with Crippen LogP contribution in [-0.2, 0) is 11.3 Å². The van der Waals surface area contributed by atoms with Crippen LogP contribution in [0.25, 0.3) is 0 Å². The van der Waals surface area contributed by atoms with Crippen molar-refractivity contribution < 1.29 is 18.3 Å². The summed E-state index contributed by atoms with van der Waals surface area (Å²) in [5.41, 5.74) is 1.07. The molecule has 0 aliphatic carbocycles. The smallest absolute Gasteiger partial charge is 0.341 e. The molecule has 4 nitrogen and oxygen atoms in total. The molecule has 0 amide bonds. The minimum absolute atomic E-state index is 0.0388. The molecule has 0 N–H and O–H groups in total. The number of rotatable bonds is 7. The van der Waals surface area contributed by atoms with E-state index in [1.54, 1.807) is 11.6 Å². The summed E-state index contributed by atoms with van der Waals surface area (Å²) in [6.07, 6.45) is 1.81. The summed E-state index contributed by atoms with van der Waals surface area (Å²) in [5, 5.41) is 4.13. The Bertz CT molecular complexity index is 491. The van der Waals surface area contributed by atoms with Crippen molar-refractivity contribution in [1.29, 1.82) is 0 Å². The molecule has 0 aliphatic rings. The Morgan fingerprint density at radius 2 is 2.15 bits per heavy atom. The van der Waals surface area contributed by atoms with Gasteiger partial charge in [-0.25, -0.2) is 4.79 Å². The molecule has 0 unspecified atom stereocenters. The van der Waals surface area contributed by atoms with Crippen molar-refractivity contribution >= 4 is 5.97 Å². The quantitative estimate of drug-likeness (QED) is 0.718. The van der Waals surface area contributed by atoms with Gasteiger partial charge in [-0.15, -0.1) is 0 Å². The minimum atomic E-state index is -1.72. The molecule has 0 bridgehead atoms. The van der Waals surface area contributed by atoms with Crippen LogP contribution >= 0.6 is 0 Å². The molecule has 20 heavy (non-hydrogen) atoms. The standard InChI is InChI=1S/C14H20F2N2O2/c1-4-5-7-18-11(3)12(9-17-18)14(19)20-8-6-10(2)13(15)16/h9H,4-8H2,1-3H3. The van der Waals surface area contributed by atoms with Crippen molar-refractivity contribution in [3.05, 3.63) is 29.1 Å². The van der Waals surface area contributed by atoms with Gasteiger partial charge in [-0.3, -0.25) is 4.68 Å². The Labute approximate surface area is 117 Å². The number of carbonyl (C=O) groups excluding carboxylic acids is 1. The highest BCUT2D eigenvalue weighted by atomic mass is 19.3. The van der Waals surface area contributed by atoms with Gasteiger partial charge in [-0.2, -0.15) is 13.9 Å². The molecular formula is C14H20F2N2O2. The molecule has 0 atom stereocenters. The van der Waals surface area contributed by atoms with E-state index in [-0.39, 0.29) is 18.6 Å². The molecular weight excluding hydrogens is 266 g/mol. The Balaban J connectivity index is 2.56. The Hall–Kier alpha value is -1.72. The first-order valence-corrected chi connectivity index (χ1v) is 6.67. The van der Waals surface area contributed by atoms with E-state index in [1.165, 1.54) is 13.1 Å². The van der Waals surface area contributed by atoms with Gasteiger partial charge in [-0.05, 0) is 25.8 Å². The average Bonchev–Trinajstić information content (AvgIpc) is 2.77. The van der Waals surface area contributed by atoms with Gasteiger partial charge in [0, 0.05) is 18.7 Å². The van der Waals surface area contributed by atoms with Crippen LogP contribution < -0.4 is 0 Å². The monoisotopic (exact) mass is 286 g/mol. The van der Waals surface area contributed by atoms with Crippen LogP contribution in [0.3, 0.4) is 0 Å². The van der Waals surface area contributed by atoms with Gasteiger partial charge >= 0.3 is 5.97 Å². The molecule has 112 valence electrons. The number of aryl methyl sites for hydroxylation is 1. The second-order valence-corrected chi connectivity index (χ2v) is 4.65. The third-order valence-corrected chi connectivity index (χ3v) is 3.08.